The fourth-order valence-electron chi connectivity index (χ4n) is 2.88. The van der Waals surface area contributed by atoms with Crippen LogP contribution in [0.25, 0.3) is 10.9 Å². The molecule has 7 heteroatoms. The van der Waals surface area contributed by atoms with Crippen LogP contribution < -0.4 is 16.0 Å². The highest BCUT2D eigenvalue weighted by molar-refractivity contribution is 5.83. The quantitative estimate of drug-likeness (QED) is 0.331. The van der Waals surface area contributed by atoms with Crippen molar-refractivity contribution in [3.63, 3.8) is 0 Å². The number of rotatable bonds is 8. The van der Waals surface area contributed by atoms with Crippen molar-refractivity contribution < 1.29 is 9.18 Å². The number of halogens is 1. The lowest BCUT2D eigenvalue weighted by Crippen LogP contribution is -2.39. The molecule has 0 saturated heterocycles. The summed E-state index contributed by atoms with van der Waals surface area (Å²) in [5.41, 5.74) is 1.95. The van der Waals surface area contributed by atoms with E-state index in [0.29, 0.717) is 25.6 Å². The van der Waals surface area contributed by atoms with Crippen molar-refractivity contribution >= 4 is 22.8 Å². The third-order valence-electron chi connectivity index (χ3n) is 4.46. The van der Waals surface area contributed by atoms with E-state index >= 15 is 0 Å². The van der Waals surface area contributed by atoms with Gasteiger partial charge in [0, 0.05) is 49.7 Å². The Kier molecular flexibility index (Phi) is 6.09. The van der Waals surface area contributed by atoms with Crippen molar-refractivity contribution in [2.24, 2.45) is 4.99 Å². The molecule has 1 fully saturated rings. The molecule has 140 valence electrons. The molecular weight excluding hydrogens is 333 g/mol. The Hall–Kier alpha value is -2.57. The first-order chi connectivity index (χ1) is 12.7. The number of benzene rings is 1. The van der Waals surface area contributed by atoms with Crippen LogP contribution in [-0.4, -0.2) is 43.0 Å². The van der Waals surface area contributed by atoms with Crippen molar-refractivity contribution in [2.45, 2.75) is 38.1 Å². The van der Waals surface area contributed by atoms with Gasteiger partial charge in [-0.05, 0) is 49.4 Å². The molecule has 3 rings (SSSR count). The SMILES string of the molecule is CN=C(NCCCC(=O)NC1CC1)NCCc1c[nH]c2cc(F)ccc12. The lowest BCUT2D eigenvalue weighted by molar-refractivity contribution is -0.121. The number of carbonyl (C=O) groups is 1. The Morgan fingerprint density at radius 2 is 2.12 bits per heavy atom. The van der Waals surface area contributed by atoms with E-state index in [0.717, 1.165) is 48.1 Å². The summed E-state index contributed by atoms with van der Waals surface area (Å²) in [5.74, 6) is 0.617. The molecular formula is C19H26FN5O. The summed E-state index contributed by atoms with van der Waals surface area (Å²) in [6.45, 7) is 1.41. The number of hydrogen-bond acceptors (Lipinski definition) is 2. The molecule has 1 aromatic carbocycles. The predicted molar refractivity (Wildman–Crippen MR) is 102 cm³/mol. The summed E-state index contributed by atoms with van der Waals surface area (Å²) in [7, 11) is 1.73. The predicted octanol–water partition coefficient (Wildman–Crippen LogP) is 2.07. The first-order valence-corrected chi connectivity index (χ1v) is 9.15. The van der Waals surface area contributed by atoms with Gasteiger partial charge in [0.05, 0.1) is 0 Å². The molecule has 1 heterocycles. The number of carbonyl (C=O) groups excluding carboxylic acids is 1. The van der Waals surface area contributed by atoms with Crippen LogP contribution >= 0.6 is 0 Å². The number of H-pyrrole nitrogens is 1. The molecule has 1 aliphatic carbocycles. The fourth-order valence-corrected chi connectivity index (χ4v) is 2.88. The molecule has 1 saturated carbocycles. The first kappa shape index (κ1) is 18.2. The second-order valence-corrected chi connectivity index (χ2v) is 6.62. The molecule has 26 heavy (non-hydrogen) atoms. The number of guanidine groups is 1. The van der Waals surface area contributed by atoms with Gasteiger partial charge in [-0.2, -0.15) is 0 Å². The Labute approximate surface area is 152 Å². The number of aliphatic imine (C=N–C) groups is 1. The zero-order valence-corrected chi connectivity index (χ0v) is 15.1. The van der Waals surface area contributed by atoms with Gasteiger partial charge >= 0.3 is 0 Å². The highest BCUT2D eigenvalue weighted by atomic mass is 19.1. The van der Waals surface area contributed by atoms with Gasteiger partial charge in [-0.15, -0.1) is 0 Å². The average Bonchev–Trinajstić information content (AvgIpc) is 3.35. The molecule has 2 aromatic rings. The lowest BCUT2D eigenvalue weighted by atomic mass is 10.1. The number of hydrogen-bond donors (Lipinski definition) is 4. The Morgan fingerprint density at radius 3 is 2.88 bits per heavy atom. The van der Waals surface area contributed by atoms with E-state index in [2.05, 4.69) is 25.9 Å². The number of aromatic nitrogens is 1. The molecule has 0 atom stereocenters. The summed E-state index contributed by atoms with van der Waals surface area (Å²) in [4.78, 5) is 18.9. The molecule has 1 aromatic heterocycles. The maximum Gasteiger partial charge on any atom is 0.220 e. The van der Waals surface area contributed by atoms with Gasteiger partial charge in [0.15, 0.2) is 5.96 Å². The number of fused-ring (bicyclic) bond motifs is 1. The van der Waals surface area contributed by atoms with Crippen LogP contribution in [0.3, 0.4) is 0 Å². The number of nitrogens with zero attached hydrogens (tertiary/aromatic N) is 1. The van der Waals surface area contributed by atoms with Gasteiger partial charge in [0.25, 0.3) is 0 Å². The van der Waals surface area contributed by atoms with Crippen LogP contribution in [0.15, 0.2) is 29.4 Å². The third kappa shape index (κ3) is 5.21. The molecule has 0 spiro atoms. The van der Waals surface area contributed by atoms with Crippen LogP contribution in [0.2, 0.25) is 0 Å². The summed E-state index contributed by atoms with van der Waals surface area (Å²) >= 11 is 0. The summed E-state index contributed by atoms with van der Waals surface area (Å²) in [5, 5.41) is 10.5. The minimum atomic E-state index is -0.237. The van der Waals surface area contributed by atoms with Gasteiger partial charge in [-0.1, -0.05) is 0 Å². The number of aromatic amines is 1. The molecule has 0 unspecified atom stereocenters. The topological polar surface area (TPSA) is 81.3 Å². The van der Waals surface area contributed by atoms with Gasteiger partial charge < -0.3 is 20.9 Å². The van der Waals surface area contributed by atoms with E-state index in [4.69, 9.17) is 0 Å². The van der Waals surface area contributed by atoms with E-state index < -0.39 is 0 Å². The van der Waals surface area contributed by atoms with Crippen molar-refractivity contribution in [2.75, 3.05) is 20.1 Å². The minimum absolute atomic E-state index is 0.132. The zero-order valence-electron chi connectivity index (χ0n) is 15.1. The van der Waals surface area contributed by atoms with Crippen molar-refractivity contribution in [1.29, 1.82) is 0 Å². The number of amides is 1. The van der Waals surface area contributed by atoms with Gasteiger partial charge in [-0.3, -0.25) is 9.79 Å². The van der Waals surface area contributed by atoms with Crippen LogP contribution in [0.5, 0.6) is 0 Å². The molecule has 0 radical (unpaired) electrons. The number of nitrogens with one attached hydrogen (secondary N) is 4. The lowest BCUT2D eigenvalue weighted by Gasteiger charge is -2.11. The third-order valence-corrected chi connectivity index (χ3v) is 4.46. The van der Waals surface area contributed by atoms with Gasteiger partial charge in [0.1, 0.15) is 5.82 Å². The molecule has 6 nitrogen and oxygen atoms in total. The fraction of sp³-hybridized carbons (Fsp3) is 0.474. The van der Waals surface area contributed by atoms with E-state index in [1.807, 2.05) is 6.20 Å². The molecule has 1 amide bonds. The summed E-state index contributed by atoms with van der Waals surface area (Å²) in [6.07, 6.45) is 6.26. The monoisotopic (exact) mass is 359 g/mol. The second-order valence-electron chi connectivity index (χ2n) is 6.62. The maximum absolute atomic E-state index is 13.2. The van der Waals surface area contributed by atoms with Crippen molar-refractivity contribution in [3.05, 3.63) is 35.8 Å². The normalized spacial score (nSPS) is 14.5. The van der Waals surface area contributed by atoms with Gasteiger partial charge in [-0.25, -0.2) is 4.39 Å². The van der Waals surface area contributed by atoms with Crippen LogP contribution in [0.1, 0.15) is 31.2 Å². The second kappa shape index (κ2) is 8.69. The minimum Gasteiger partial charge on any atom is -0.361 e. The molecule has 0 bridgehead atoms. The zero-order chi connectivity index (χ0) is 18.4. The van der Waals surface area contributed by atoms with Crippen LogP contribution in [0.4, 0.5) is 4.39 Å². The van der Waals surface area contributed by atoms with Crippen LogP contribution in [-0.2, 0) is 11.2 Å². The van der Waals surface area contributed by atoms with Crippen LogP contribution in [0, 0.1) is 5.82 Å². The highest BCUT2D eigenvalue weighted by Crippen LogP contribution is 2.19. The molecule has 4 N–H and O–H groups in total. The smallest absolute Gasteiger partial charge is 0.220 e. The van der Waals surface area contributed by atoms with E-state index in [-0.39, 0.29) is 11.7 Å². The van der Waals surface area contributed by atoms with E-state index in [1.165, 1.54) is 12.1 Å². The summed E-state index contributed by atoms with van der Waals surface area (Å²) in [6, 6.07) is 5.21. The Balaban J connectivity index is 1.36. The largest absolute Gasteiger partial charge is 0.361 e. The first-order valence-electron chi connectivity index (χ1n) is 9.15. The van der Waals surface area contributed by atoms with Gasteiger partial charge in [0.2, 0.25) is 5.91 Å². The maximum atomic E-state index is 13.2. The van der Waals surface area contributed by atoms with E-state index in [1.54, 1.807) is 13.1 Å². The van der Waals surface area contributed by atoms with E-state index in [9.17, 15) is 9.18 Å². The average molecular weight is 359 g/mol. The summed E-state index contributed by atoms with van der Waals surface area (Å²) < 4.78 is 13.2. The standard InChI is InChI=1S/C19H26FN5O/c1-21-19(22-9-2-3-18(26)25-15-5-6-15)23-10-8-13-12-24-17-11-14(20)4-7-16(13)17/h4,7,11-12,15,24H,2-3,5-6,8-10H2,1H3,(H,25,26)(H2,21,22,23). The molecule has 0 aliphatic heterocycles. The Morgan fingerprint density at radius 1 is 1.31 bits per heavy atom. The Bertz CT molecular complexity index is 781. The molecule has 1 aliphatic rings. The highest BCUT2D eigenvalue weighted by Gasteiger charge is 2.22. The van der Waals surface area contributed by atoms with Crippen molar-refractivity contribution in [1.82, 2.24) is 20.9 Å². The van der Waals surface area contributed by atoms with Crippen molar-refractivity contribution in [3.8, 4) is 0 Å².